The SMILES string of the molecule is Cc1ccc(C(=O)NC(NC(=S)Nc2c(Cl)cccc2Cl)C(Cl)(Cl)Cl)cc1. The van der Waals surface area contributed by atoms with Crippen LogP contribution in [0, 0.1) is 6.92 Å². The zero-order chi connectivity index (χ0) is 20.2. The normalized spacial score (nSPS) is 12.2. The minimum absolute atomic E-state index is 0.0607. The number of rotatable bonds is 4. The summed E-state index contributed by atoms with van der Waals surface area (Å²) in [5.74, 6) is -0.433. The third-order valence-electron chi connectivity index (χ3n) is 3.39. The number of nitrogens with one attached hydrogen (secondary N) is 3. The fourth-order valence-corrected chi connectivity index (χ4v) is 3.06. The van der Waals surface area contributed by atoms with Crippen molar-refractivity contribution in [2.24, 2.45) is 0 Å². The summed E-state index contributed by atoms with van der Waals surface area (Å²) in [5.41, 5.74) is 1.82. The quantitative estimate of drug-likeness (QED) is 0.295. The number of benzene rings is 2. The predicted octanol–water partition coefficient (Wildman–Crippen LogP) is 5.71. The first-order valence-corrected chi connectivity index (χ1v) is 9.83. The fraction of sp³-hybridized carbons (Fsp3) is 0.176. The largest absolute Gasteiger partial charge is 0.339 e. The summed E-state index contributed by atoms with van der Waals surface area (Å²) < 4.78 is -1.88. The Balaban J connectivity index is 2.11. The Morgan fingerprint density at radius 2 is 1.56 bits per heavy atom. The lowest BCUT2D eigenvalue weighted by Crippen LogP contribution is -2.56. The Morgan fingerprint density at radius 1 is 1.00 bits per heavy atom. The van der Waals surface area contributed by atoms with Gasteiger partial charge in [-0.05, 0) is 43.4 Å². The Kier molecular flexibility index (Phi) is 7.86. The van der Waals surface area contributed by atoms with E-state index in [1.54, 1.807) is 42.5 Å². The van der Waals surface area contributed by atoms with Crippen LogP contribution in [-0.2, 0) is 0 Å². The number of amides is 1. The molecule has 1 unspecified atom stereocenters. The molecule has 144 valence electrons. The number of para-hydroxylation sites is 1. The van der Waals surface area contributed by atoms with E-state index in [1.165, 1.54) is 0 Å². The van der Waals surface area contributed by atoms with Gasteiger partial charge in [-0.1, -0.05) is 81.8 Å². The molecule has 0 fully saturated rings. The van der Waals surface area contributed by atoms with E-state index in [0.29, 0.717) is 21.3 Å². The third-order valence-corrected chi connectivity index (χ3v) is 4.90. The van der Waals surface area contributed by atoms with E-state index >= 15 is 0 Å². The van der Waals surface area contributed by atoms with Crippen LogP contribution in [0.1, 0.15) is 15.9 Å². The average molecular weight is 486 g/mol. The molecule has 0 saturated heterocycles. The fourth-order valence-electron chi connectivity index (χ4n) is 2.02. The smallest absolute Gasteiger partial charge is 0.252 e. The summed E-state index contributed by atoms with van der Waals surface area (Å²) in [4.78, 5) is 12.4. The maximum atomic E-state index is 12.4. The predicted molar refractivity (Wildman–Crippen MR) is 119 cm³/mol. The van der Waals surface area contributed by atoms with E-state index in [9.17, 15) is 4.79 Å². The molecule has 3 N–H and O–H groups in total. The van der Waals surface area contributed by atoms with E-state index < -0.39 is 15.9 Å². The number of anilines is 1. The van der Waals surface area contributed by atoms with Crippen molar-refractivity contribution in [2.75, 3.05) is 5.32 Å². The standard InChI is InChI=1S/C17H14Cl5N3OS/c1-9-5-7-10(8-6-9)14(26)24-15(17(20,21)22)25-16(27)23-13-11(18)3-2-4-12(13)19/h2-8,15H,1H3,(H,24,26)(H2,23,25,27). The number of hydrogen-bond donors (Lipinski definition) is 3. The molecule has 2 aromatic carbocycles. The maximum absolute atomic E-state index is 12.4. The first-order chi connectivity index (χ1) is 12.6. The van der Waals surface area contributed by atoms with E-state index in [1.807, 2.05) is 6.92 Å². The molecule has 0 aromatic heterocycles. The number of carbonyl (C=O) groups is 1. The van der Waals surface area contributed by atoms with Gasteiger partial charge in [-0.3, -0.25) is 4.79 Å². The van der Waals surface area contributed by atoms with Gasteiger partial charge in [0.1, 0.15) is 6.17 Å². The van der Waals surface area contributed by atoms with Crippen molar-refractivity contribution in [3.8, 4) is 0 Å². The molecular weight excluding hydrogens is 472 g/mol. The van der Waals surface area contributed by atoms with Crippen molar-refractivity contribution in [3.05, 3.63) is 63.6 Å². The first kappa shape index (κ1) is 22.3. The highest BCUT2D eigenvalue weighted by molar-refractivity contribution is 7.80. The van der Waals surface area contributed by atoms with E-state index in [-0.39, 0.29) is 5.11 Å². The van der Waals surface area contributed by atoms with Crippen LogP contribution in [0.15, 0.2) is 42.5 Å². The highest BCUT2D eigenvalue weighted by Crippen LogP contribution is 2.31. The zero-order valence-electron chi connectivity index (χ0n) is 13.8. The molecule has 2 rings (SSSR count). The highest BCUT2D eigenvalue weighted by Gasteiger charge is 2.35. The summed E-state index contributed by atoms with van der Waals surface area (Å²) in [6.45, 7) is 1.91. The number of aryl methyl sites for hydroxylation is 1. The summed E-state index contributed by atoms with van der Waals surface area (Å²) >= 11 is 35.3. The topological polar surface area (TPSA) is 53.2 Å². The van der Waals surface area contributed by atoms with Gasteiger partial charge < -0.3 is 16.0 Å². The average Bonchev–Trinajstić information content (AvgIpc) is 2.57. The molecule has 1 atom stereocenters. The third kappa shape index (κ3) is 6.56. The van der Waals surface area contributed by atoms with Crippen LogP contribution in [0.3, 0.4) is 0 Å². The van der Waals surface area contributed by atoms with Crippen LogP contribution in [-0.4, -0.2) is 21.0 Å². The van der Waals surface area contributed by atoms with E-state index in [4.69, 9.17) is 70.2 Å². The Hall–Kier alpha value is -0.950. The molecule has 0 radical (unpaired) electrons. The van der Waals surface area contributed by atoms with Gasteiger partial charge in [0.05, 0.1) is 15.7 Å². The van der Waals surface area contributed by atoms with E-state index in [0.717, 1.165) is 5.56 Å². The van der Waals surface area contributed by atoms with Gasteiger partial charge in [-0.25, -0.2) is 0 Å². The molecule has 0 heterocycles. The van der Waals surface area contributed by atoms with Crippen molar-refractivity contribution < 1.29 is 4.79 Å². The van der Waals surface area contributed by atoms with Crippen molar-refractivity contribution in [2.45, 2.75) is 16.9 Å². The number of thiocarbonyl (C=S) groups is 1. The molecule has 1 amide bonds. The molecule has 27 heavy (non-hydrogen) atoms. The molecule has 0 saturated carbocycles. The molecule has 0 aliphatic heterocycles. The Bertz CT molecular complexity index is 819. The summed E-state index contributed by atoms with van der Waals surface area (Å²) in [6, 6.07) is 11.9. The number of alkyl halides is 3. The summed E-state index contributed by atoms with van der Waals surface area (Å²) in [7, 11) is 0. The Morgan fingerprint density at radius 3 is 2.07 bits per heavy atom. The van der Waals surface area contributed by atoms with Crippen molar-refractivity contribution in [1.82, 2.24) is 10.6 Å². The zero-order valence-corrected chi connectivity index (χ0v) is 18.4. The van der Waals surface area contributed by atoms with Gasteiger partial charge in [0.25, 0.3) is 5.91 Å². The molecule has 0 aliphatic carbocycles. The summed E-state index contributed by atoms with van der Waals surface area (Å²) in [5, 5.41) is 8.96. The van der Waals surface area contributed by atoms with Gasteiger partial charge in [-0.2, -0.15) is 0 Å². The lowest BCUT2D eigenvalue weighted by Gasteiger charge is -2.28. The van der Waals surface area contributed by atoms with Crippen LogP contribution < -0.4 is 16.0 Å². The summed E-state index contributed by atoms with van der Waals surface area (Å²) in [6.07, 6.45) is -1.11. The molecule has 4 nitrogen and oxygen atoms in total. The molecule has 0 spiro atoms. The van der Waals surface area contributed by atoms with Crippen LogP contribution in [0.25, 0.3) is 0 Å². The van der Waals surface area contributed by atoms with Crippen LogP contribution in [0.5, 0.6) is 0 Å². The number of hydrogen-bond acceptors (Lipinski definition) is 2. The van der Waals surface area contributed by atoms with Gasteiger partial charge in [0.2, 0.25) is 3.79 Å². The molecule has 2 aromatic rings. The minimum atomic E-state index is -1.88. The molecule has 0 aliphatic rings. The van der Waals surface area contributed by atoms with Gasteiger partial charge >= 0.3 is 0 Å². The van der Waals surface area contributed by atoms with Crippen LogP contribution >= 0.6 is 70.2 Å². The van der Waals surface area contributed by atoms with Crippen molar-refractivity contribution in [1.29, 1.82) is 0 Å². The molecule has 0 bridgehead atoms. The minimum Gasteiger partial charge on any atom is -0.339 e. The van der Waals surface area contributed by atoms with Crippen LogP contribution in [0.2, 0.25) is 10.0 Å². The van der Waals surface area contributed by atoms with Gasteiger partial charge in [-0.15, -0.1) is 0 Å². The first-order valence-electron chi connectivity index (χ1n) is 7.53. The second-order valence-electron chi connectivity index (χ2n) is 5.51. The van der Waals surface area contributed by atoms with Crippen molar-refractivity contribution in [3.63, 3.8) is 0 Å². The highest BCUT2D eigenvalue weighted by atomic mass is 35.6. The number of carbonyl (C=O) groups excluding carboxylic acids is 1. The second kappa shape index (κ2) is 9.50. The van der Waals surface area contributed by atoms with Gasteiger partial charge in [0.15, 0.2) is 5.11 Å². The molecule has 10 heteroatoms. The second-order valence-corrected chi connectivity index (χ2v) is 9.10. The monoisotopic (exact) mass is 483 g/mol. The van der Waals surface area contributed by atoms with Crippen molar-refractivity contribution >= 4 is 86.9 Å². The van der Waals surface area contributed by atoms with Crippen LogP contribution in [0.4, 0.5) is 5.69 Å². The maximum Gasteiger partial charge on any atom is 0.252 e. The number of halogens is 5. The lowest BCUT2D eigenvalue weighted by atomic mass is 10.1. The lowest BCUT2D eigenvalue weighted by molar-refractivity contribution is 0.0934. The van der Waals surface area contributed by atoms with E-state index in [2.05, 4.69) is 16.0 Å². The Labute approximate surface area is 187 Å². The van der Waals surface area contributed by atoms with Gasteiger partial charge in [0, 0.05) is 5.56 Å². The molecular formula is C17H14Cl5N3OS.